The Balaban J connectivity index is 2.50. The molecule has 0 saturated carbocycles. The Morgan fingerprint density at radius 1 is 1.37 bits per heavy atom. The van der Waals surface area contributed by atoms with Crippen LogP contribution in [0.2, 0.25) is 0 Å². The molecule has 0 bridgehead atoms. The molecule has 1 unspecified atom stereocenters. The van der Waals surface area contributed by atoms with Gasteiger partial charge in [-0.05, 0) is 30.7 Å². The van der Waals surface area contributed by atoms with Crippen LogP contribution >= 0.6 is 0 Å². The topological polar surface area (TPSA) is 64.4 Å². The molecule has 0 heterocycles. The first kappa shape index (κ1) is 15.4. The zero-order valence-corrected chi connectivity index (χ0v) is 10.7. The summed E-state index contributed by atoms with van der Waals surface area (Å²) < 4.78 is 28.1. The lowest BCUT2D eigenvalue weighted by Crippen LogP contribution is -2.35. The Hall–Kier alpha value is -1.69. The van der Waals surface area contributed by atoms with Crippen molar-refractivity contribution in [1.82, 2.24) is 0 Å². The van der Waals surface area contributed by atoms with Crippen molar-refractivity contribution in [2.75, 3.05) is 5.32 Å². The maximum Gasteiger partial charge on any atom is 0.387 e. The molecule has 4 nitrogen and oxygen atoms in total. The molecule has 0 aliphatic heterocycles. The van der Waals surface area contributed by atoms with Gasteiger partial charge < -0.3 is 15.8 Å². The van der Waals surface area contributed by atoms with Crippen molar-refractivity contribution in [3.63, 3.8) is 0 Å². The summed E-state index contributed by atoms with van der Waals surface area (Å²) in [5.41, 5.74) is 6.21. The van der Waals surface area contributed by atoms with Crippen molar-refractivity contribution < 1.29 is 18.3 Å². The molecule has 0 radical (unpaired) electrons. The van der Waals surface area contributed by atoms with Gasteiger partial charge in [0.2, 0.25) is 5.91 Å². The number of nitrogens with two attached hydrogens (primary N) is 1. The third-order valence-electron chi connectivity index (χ3n) is 2.55. The summed E-state index contributed by atoms with van der Waals surface area (Å²) in [5, 5.41) is 2.62. The summed E-state index contributed by atoms with van der Waals surface area (Å²) in [6.45, 7) is -0.838. The number of benzene rings is 1. The molecule has 0 spiro atoms. The molecule has 19 heavy (non-hydrogen) atoms. The Kier molecular flexibility index (Phi) is 6.21. The van der Waals surface area contributed by atoms with E-state index in [4.69, 9.17) is 5.73 Å². The highest BCUT2D eigenvalue weighted by atomic mass is 19.3. The molecule has 0 fully saturated rings. The fourth-order valence-electron chi connectivity index (χ4n) is 1.51. The average molecular weight is 272 g/mol. The smallest absolute Gasteiger partial charge is 0.387 e. The summed E-state index contributed by atoms with van der Waals surface area (Å²) in [5.74, 6) is -0.237. The van der Waals surface area contributed by atoms with Gasteiger partial charge >= 0.3 is 6.61 Å². The molecule has 1 rings (SSSR count). The van der Waals surface area contributed by atoms with E-state index in [1.165, 1.54) is 24.3 Å². The summed E-state index contributed by atoms with van der Waals surface area (Å²) in [7, 11) is 0. The first-order valence-corrected chi connectivity index (χ1v) is 6.14. The molecular formula is C13H18F2N2O2. The van der Waals surface area contributed by atoms with Gasteiger partial charge in [-0.3, -0.25) is 4.79 Å². The Labute approximate surface area is 110 Å². The van der Waals surface area contributed by atoms with Gasteiger partial charge in [-0.1, -0.05) is 19.8 Å². The zero-order valence-electron chi connectivity index (χ0n) is 10.7. The van der Waals surface area contributed by atoms with Crippen molar-refractivity contribution in [2.24, 2.45) is 5.73 Å². The van der Waals surface area contributed by atoms with Crippen molar-refractivity contribution in [3.05, 3.63) is 24.3 Å². The number of unbranched alkanes of at least 4 members (excludes halogenated alkanes) is 1. The predicted molar refractivity (Wildman–Crippen MR) is 69.2 cm³/mol. The van der Waals surface area contributed by atoms with Crippen LogP contribution in [0.4, 0.5) is 14.5 Å². The molecular weight excluding hydrogens is 254 g/mol. The molecule has 1 aromatic rings. The van der Waals surface area contributed by atoms with E-state index in [-0.39, 0.29) is 11.7 Å². The lowest BCUT2D eigenvalue weighted by molar-refractivity contribution is -0.117. The number of anilines is 1. The summed E-state index contributed by atoms with van der Waals surface area (Å²) in [4.78, 5) is 11.7. The summed E-state index contributed by atoms with van der Waals surface area (Å²) in [6.07, 6.45) is 2.48. The van der Waals surface area contributed by atoms with E-state index in [9.17, 15) is 13.6 Å². The maximum absolute atomic E-state index is 11.9. The zero-order chi connectivity index (χ0) is 14.3. The van der Waals surface area contributed by atoms with Gasteiger partial charge in [-0.15, -0.1) is 0 Å². The van der Waals surface area contributed by atoms with Crippen molar-refractivity contribution in [3.8, 4) is 5.75 Å². The average Bonchev–Trinajstić information content (AvgIpc) is 2.37. The number of hydrogen-bond donors (Lipinski definition) is 2. The number of nitrogens with one attached hydrogen (secondary N) is 1. The highest BCUT2D eigenvalue weighted by Crippen LogP contribution is 2.17. The summed E-state index contributed by atoms with van der Waals surface area (Å²) >= 11 is 0. The normalized spacial score (nSPS) is 12.3. The highest BCUT2D eigenvalue weighted by Gasteiger charge is 2.12. The largest absolute Gasteiger partial charge is 0.435 e. The molecule has 0 aliphatic rings. The molecule has 1 amide bonds. The van der Waals surface area contributed by atoms with Crippen LogP contribution in [0.1, 0.15) is 26.2 Å². The first-order valence-electron chi connectivity index (χ1n) is 6.14. The maximum atomic E-state index is 11.9. The fraction of sp³-hybridized carbons (Fsp3) is 0.462. The van der Waals surface area contributed by atoms with E-state index in [0.717, 1.165) is 12.8 Å². The van der Waals surface area contributed by atoms with E-state index in [1.54, 1.807) is 0 Å². The van der Waals surface area contributed by atoms with Gasteiger partial charge in [0.1, 0.15) is 5.75 Å². The van der Waals surface area contributed by atoms with E-state index < -0.39 is 12.7 Å². The number of carbonyl (C=O) groups excluding carboxylic acids is 1. The number of ether oxygens (including phenoxy) is 1. The standard InChI is InChI=1S/C13H18F2N2O2/c1-2-3-4-11(16)12(18)17-9-5-7-10(8-6-9)19-13(14)15/h5-8,11,13H,2-4,16H2,1H3,(H,17,18). The minimum atomic E-state index is -2.86. The Morgan fingerprint density at radius 3 is 2.53 bits per heavy atom. The number of amides is 1. The molecule has 6 heteroatoms. The third kappa shape index (κ3) is 5.65. The van der Waals surface area contributed by atoms with Crippen molar-refractivity contribution >= 4 is 11.6 Å². The second-order valence-electron chi connectivity index (χ2n) is 4.14. The van der Waals surface area contributed by atoms with E-state index in [0.29, 0.717) is 12.1 Å². The SMILES string of the molecule is CCCCC(N)C(=O)Nc1ccc(OC(F)F)cc1. The number of rotatable bonds is 7. The van der Waals surface area contributed by atoms with Crippen LogP contribution in [-0.2, 0) is 4.79 Å². The quantitative estimate of drug-likeness (QED) is 0.802. The Morgan fingerprint density at radius 2 is 2.00 bits per heavy atom. The number of alkyl halides is 2. The van der Waals surface area contributed by atoms with Crippen LogP contribution in [0.5, 0.6) is 5.75 Å². The monoisotopic (exact) mass is 272 g/mol. The third-order valence-corrected chi connectivity index (χ3v) is 2.55. The first-order chi connectivity index (χ1) is 9.02. The number of halogens is 2. The second-order valence-corrected chi connectivity index (χ2v) is 4.14. The van der Waals surface area contributed by atoms with Crippen LogP contribution in [0.25, 0.3) is 0 Å². The van der Waals surface area contributed by atoms with E-state index in [1.807, 2.05) is 6.92 Å². The van der Waals surface area contributed by atoms with Gasteiger partial charge in [0.05, 0.1) is 6.04 Å². The van der Waals surface area contributed by atoms with Gasteiger partial charge in [-0.2, -0.15) is 8.78 Å². The predicted octanol–water partition coefficient (Wildman–Crippen LogP) is 2.74. The lowest BCUT2D eigenvalue weighted by atomic mass is 10.1. The van der Waals surface area contributed by atoms with Gasteiger partial charge in [0, 0.05) is 5.69 Å². The molecule has 1 aromatic carbocycles. The fourth-order valence-corrected chi connectivity index (χ4v) is 1.51. The number of hydrogen-bond acceptors (Lipinski definition) is 3. The van der Waals surface area contributed by atoms with Gasteiger partial charge in [-0.25, -0.2) is 0 Å². The molecule has 0 aliphatic carbocycles. The molecule has 1 atom stereocenters. The highest BCUT2D eigenvalue weighted by molar-refractivity contribution is 5.94. The molecule has 0 saturated heterocycles. The number of carbonyl (C=O) groups is 1. The molecule has 3 N–H and O–H groups in total. The van der Waals surface area contributed by atoms with Gasteiger partial charge in [0.15, 0.2) is 0 Å². The summed E-state index contributed by atoms with van der Waals surface area (Å²) in [6, 6.07) is 5.14. The second kappa shape index (κ2) is 7.68. The Bertz CT molecular complexity index is 396. The van der Waals surface area contributed by atoms with Crippen LogP contribution in [-0.4, -0.2) is 18.6 Å². The van der Waals surface area contributed by atoms with Crippen LogP contribution in [0.15, 0.2) is 24.3 Å². The van der Waals surface area contributed by atoms with Crippen molar-refractivity contribution in [2.45, 2.75) is 38.8 Å². The molecule has 0 aromatic heterocycles. The van der Waals surface area contributed by atoms with E-state index in [2.05, 4.69) is 10.1 Å². The van der Waals surface area contributed by atoms with Crippen LogP contribution < -0.4 is 15.8 Å². The minimum Gasteiger partial charge on any atom is -0.435 e. The van der Waals surface area contributed by atoms with Crippen LogP contribution in [0, 0.1) is 0 Å². The van der Waals surface area contributed by atoms with E-state index >= 15 is 0 Å². The lowest BCUT2D eigenvalue weighted by Gasteiger charge is -2.12. The minimum absolute atomic E-state index is 0.0447. The van der Waals surface area contributed by atoms with Crippen molar-refractivity contribution in [1.29, 1.82) is 0 Å². The molecule has 106 valence electrons. The van der Waals surface area contributed by atoms with Gasteiger partial charge in [0.25, 0.3) is 0 Å². The van der Waals surface area contributed by atoms with Crippen LogP contribution in [0.3, 0.4) is 0 Å².